The molecule has 0 radical (unpaired) electrons. The third kappa shape index (κ3) is 2.62. The molecule has 1 aromatic heterocycles. The molecular weight excluding hydrogens is 290 g/mol. The predicted molar refractivity (Wildman–Crippen MR) is 86.8 cm³/mol. The molecule has 0 unspecified atom stereocenters. The number of aromatic nitrogens is 2. The fraction of sp³-hybridized carbons (Fsp3) is 0.111. The number of aromatic hydroxyl groups is 2. The first-order valence-electron chi connectivity index (χ1n) is 7.23. The molecule has 0 aliphatic rings. The lowest BCUT2D eigenvalue weighted by molar-refractivity contribution is 0.475. The van der Waals surface area contributed by atoms with Gasteiger partial charge in [0.1, 0.15) is 28.8 Å². The second-order valence-electron chi connectivity index (χ2n) is 5.09. The number of phenols is 2. The molecule has 0 bridgehead atoms. The van der Waals surface area contributed by atoms with Crippen LogP contribution in [0.25, 0.3) is 22.5 Å². The summed E-state index contributed by atoms with van der Waals surface area (Å²) >= 11 is 0. The van der Waals surface area contributed by atoms with Crippen LogP contribution in [0.3, 0.4) is 0 Å². The highest BCUT2D eigenvalue weighted by atomic mass is 16.3. The van der Waals surface area contributed by atoms with Gasteiger partial charge in [-0.1, -0.05) is 0 Å². The molecule has 2 aromatic carbocycles. The average Bonchev–Trinajstić information content (AvgIpc) is 2.95. The molecule has 0 amide bonds. The van der Waals surface area contributed by atoms with Gasteiger partial charge in [-0.3, -0.25) is 4.68 Å². The Labute approximate surface area is 133 Å². The van der Waals surface area contributed by atoms with Crippen LogP contribution in [0.5, 0.6) is 11.5 Å². The van der Waals surface area contributed by atoms with E-state index in [1.54, 1.807) is 53.2 Å². The van der Waals surface area contributed by atoms with Crippen LogP contribution < -0.4 is 0 Å². The lowest BCUT2D eigenvalue weighted by atomic mass is 10.0. The molecule has 5 nitrogen and oxygen atoms in total. The summed E-state index contributed by atoms with van der Waals surface area (Å²) < 4.78 is 1.77. The molecule has 3 aromatic rings. The standard InChI is InChI=1S/C18H15N3O2/c1-2-21-18(13-5-9-15(23)10-6-13)16(11-19)17(20-21)12-3-7-14(22)8-4-12/h3-10,22-23H,2H2,1H3. The van der Waals surface area contributed by atoms with Crippen LogP contribution in [0.4, 0.5) is 0 Å². The molecule has 114 valence electrons. The SMILES string of the molecule is CCn1nc(-c2ccc(O)cc2)c(C#N)c1-c1ccc(O)cc1. The van der Waals surface area contributed by atoms with Crippen molar-refractivity contribution in [2.45, 2.75) is 13.5 Å². The van der Waals surface area contributed by atoms with Crippen molar-refractivity contribution in [2.75, 3.05) is 0 Å². The van der Waals surface area contributed by atoms with Crippen LogP contribution >= 0.6 is 0 Å². The minimum absolute atomic E-state index is 0.168. The number of hydrogen-bond acceptors (Lipinski definition) is 4. The van der Waals surface area contributed by atoms with Gasteiger partial charge in [0.2, 0.25) is 0 Å². The second kappa shape index (κ2) is 5.85. The summed E-state index contributed by atoms with van der Waals surface area (Å²) in [5.74, 6) is 0.342. The van der Waals surface area contributed by atoms with E-state index in [9.17, 15) is 15.5 Å². The number of nitriles is 1. The number of benzene rings is 2. The van der Waals surface area contributed by atoms with Crippen LogP contribution in [0, 0.1) is 11.3 Å². The zero-order valence-electron chi connectivity index (χ0n) is 12.6. The summed E-state index contributed by atoms with van der Waals surface area (Å²) in [6.07, 6.45) is 0. The van der Waals surface area contributed by atoms with Gasteiger partial charge in [0, 0.05) is 17.7 Å². The van der Waals surface area contributed by atoms with Gasteiger partial charge < -0.3 is 10.2 Å². The predicted octanol–water partition coefficient (Wildman–Crippen LogP) is 3.52. The maximum Gasteiger partial charge on any atom is 0.115 e. The number of aryl methyl sites for hydroxylation is 1. The quantitative estimate of drug-likeness (QED) is 0.775. The van der Waals surface area contributed by atoms with Gasteiger partial charge in [-0.25, -0.2) is 0 Å². The summed E-state index contributed by atoms with van der Waals surface area (Å²) in [7, 11) is 0. The van der Waals surface area contributed by atoms with Crippen molar-refractivity contribution < 1.29 is 10.2 Å². The maximum atomic E-state index is 9.64. The Hall–Kier alpha value is -3.26. The molecule has 5 heteroatoms. The number of nitrogens with zero attached hydrogens (tertiary/aromatic N) is 3. The van der Waals surface area contributed by atoms with E-state index in [0.29, 0.717) is 17.8 Å². The van der Waals surface area contributed by atoms with Crippen molar-refractivity contribution in [2.24, 2.45) is 0 Å². The number of rotatable bonds is 3. The summed E-state index contributed by atoms with van der Waals surface area (Å²) in [4.78, 5) is 0. The van der Waals surface area contributed by atoms with E-state index in [0.717, 1.165) is 16.8 Å². The largest absolute Gasteiger partial charge is 0.508 e. The van der Waals surface area contributed by atoms with E-state index >= 15 is 0 Å². The first-order chi connectivity index (χ1) is 11.1. The van der Waals surface area contributed by atoms with Gasteiger partial charge >= 0.3 is 0 Å². The molecule has 0 spiro atoms. The molecule has 0 saturated carbocycles. The minimum atomic E-state index is 0.168. The van der Waals surface area contributed by atoms with Crippen molar-refractivity contribution in [1.29, 1.82) is 5.26 Å². The molecule has 0 saturated heterocycles. The van der Waals surface area contributed by atoms with Gasteiger partial charge in [0.05, 0.1) is 5.69 Å². The normalized spacial score (nSPS) is 10.4. The van der Waals surface area contributed by atoms with Gasteiger partial charge in [0.15, 0.2) is 0 Å². The molecule has 3 rings (SSSR count). The van der Waals surface area contributed by atoms with Crippen LogP contribution in [0.2, 0.25) is 0 Å². The number of hydrogen-bond donors (Lipinski definition) is 2. The summed E-state index contributed by atoms with van der Waals surface area (Å²) in [5, 5.41) is 33.1. The molecule has 1 heterocycles. The van der Waals surface area contributed by atoms with Crippen LogP contribution in [-0.4, -0.2) is 20.0 Å². The summed E-state index contributed by atoms with van der Waals surface area (Å²) in [6.45, 7) is 2.57. The first kappa shape index (κ1) is 14.7. The third-order valence-corrected chi connectivity index (χ3v) is 3.65. The van der Waals surface area contributed by atoms with E-state index in [-0.39, 0.29) is 11.5 Å². The van der Waals surface area contributed by atoms with Crippen molar-refractivity contribution in [3.05, 3.63) is 54.1 Å². The molecule has 0 fully saturated rings. The summed E-state index contributed by atoms with van der Waals surface area (Å²) in [5.41, 5.74) is 3.36. The monoisotopic (exact) mass is 305 g/mol. The second-order valence-corrected chi connectivity index (χ2v) is 5.09. The van der Waals surface area contributed by atoms with Crippen LogP contribution in [-0.2, 0) is 6.54 Å². The molecule has 23 heavy (non-hydrogen) atoms. The molecule has 0 atom stereocenters. The Balaban J connectivity index is 2.22. The first-order valence-corrected chi connectivity index (χ1v) is 7.23. The van der Waals surface area contributed by atoms with Gasteiger partial charge in [0.25, 0.3) is 0 Å². The van der Waals surface area contributed by atoms with Gasteiger partial charge in [-0.2, -0.15) is 10.4 Å². The third-order valence-electron chi connectivity index (χ3n) is 3.65. The van der Waals surface area contributed by atoms with E-state index < -0.39 is 0 Å². The van der Waals surface area contributed by atoms with E-state index in [1.165, 1.54) is 0 Å². The maximum absolute atomic E-state index is 9.64. The zero-order valence-corrected chi connectivity index (χ0v) is 12.6. The van der Waals surface area contributed by atoms with E-state index in [2.05, 4.69) is 11.2 Å². The molecule has 0 aliphatic heterocycles. The summed E-state index contributed by atoms with van der Waals surface area (Å²) in [6, 6.07) is 15.6. The Morgan fingerprint density at radius 3 is 1.96 bits per heavy atom. The number of phenolic OH excluding ortho intramolecular Hbond substituents is 2. The highest BCUT2D eigenvalue weighted by Crippen LogP contribution is 2.33. The van der Waals surface area contributed by atoms with Gasteiger partial charge in [-0.05, 0) is 55.5 Å². The van der Waals surface area contributed by atoms with E-state index in [1.807, 2.05) is 6.92 Å². The highest BCUT2D eigenvalue weighted by molar-refractivity contribution is 5.78. The Bertz CT molecular complexity index is 872. The molecular formula is C18H15N3O2. The highest BCUT2D eigenvalue weighted by Gasteiger charge is 2.19. The molecule has 0 aliphatic carbocycles. The van der Waals surface area contributed by atoms with E-state index in [4.69, 9.17) is 0 Å². The van der Waals surface area contributed by atoms with Crippen LogP contribution in [0.1, 0.15) is 12.5 Å². The Kier molecular flexibility index (Phi) is 3.73. The zero-order chi connectivity index (χ0) is 16.4. The minimum Gasteiger partial charge on any atom is -0.508 e. The Morgan fingerprint density at radius 2 is 1.48 bits per heavy atom. The fourth-order valence-electron chi connectivity index (χ4n) is 2.53. The average molecular weight is 305 g/mol. The van der Waals surface area contributed by atoms with Crippen molar-refractivity contribution in [1.82, 2.24) is 9.78 Å². The fourth-order valence-corrected chi connectivity index (χ4v) is 2.53. The van der Waals surface area contributed by atoms with Crippen molar-refractivity contribution >= 4 is 0 Å². The van der Waals surface area contributed by atoms with Crippen molar-refractivity contribution in [3.63, 3.8) is 0 Å². The van der Waals surface area contributed by atoms with Crippen molar-refractivity contribution in [3.8, 4) is 40.1 Å². The molecule has 2 N–H and O–H groups in total. The van der Waals surface area contributed by atoms with Gasteiger partial charge in [-0.15, -0.1) is 0 Å². The lowest BCUT2D eigenvalue weighted by Crippen LogP contribution is -1.99. The smallest absolute Gasteiger partial charge is 0.115 e. The topological polar surface area (TPSA) is 82.1 Å². The lowest BCUT2D eigenvalue weighted by Gasteiger charge is -2.05. The Morgan fingerprint density at radius 1 is 0.957 bits per heavy atom. The van der Waals surface area contributed by atoms with Crippen LogP contribution in [0.15, 0.2) is 48.5 Å².